The molecule has 0 unspecified atom stereocenters. The predicted molar refractivity (Wildman–Crippen MR) is 73.5 cm³/mol. The molecule has 2 heterocycles. The topological polar surface area (TPSA) is 89.3 Å². The molecule has 2 aromatic rings. The number of nitrogens with zero attached hydrogens (tertiary/aromatic N) is 1. The number of carbonyl (C=O) groups excluding carboxylic acids is 1. The smallest absolute Gasteiger partial charge is 0.259 e. The second-order valence-corrected chi connectivity index (χ2v) is 6.40. The molecule has 0 spiro atoms. The molecule has 0 saturated carbocycles. The van der Waals surface area contributed by atoms with Crippen LogP contribution in [-0.4, -0.2) is 25.6 Å². The Morgan fingerprint density at radius 1 is 1.30 bits per heavy atom. The van der Waals surface area contributed by atoms with Gasteiger partial charge in [0.25, 0.3) is 5.91 Å². The molecule has 1 amide bonds. The zero-order valence-corrected chi connectivity index (χ0v) is 12.1. The van der Waals surface area contributed by atoms with Gasteiger partial charge in [-0.15, -0.1) is 0 Å². The summed E-state index contributed by atoms with van der Waals surface area (Å²) in [5.41, 5.74) is 0.857. The number of hydrogen-bond acceptors (Lipinski definition) is 5. The highest BCUT2D eigenvalue weighted by molar-refractivity contribution is 7.90. The largest absolute Gasteiger partial charge is 0.466 e. The molecular formula is C13H14N2O4S. The molecule has 0 bridgehead atoms. The Balaban J connectivity index is 2.18. The number of anilines is 1. The lowest BCUT2D eigenvalue weighted by molar-refractivity contribution is 0.102. The highest BCUT2D eigenvalue weighted by Crippen LogP contribution is 2.16. The van der Waals surface area contributed by atoms with Crippen molar-refractivity contribution in [2.24, 2.45) is 0 Å². The fourth-order valence-electron chi connectivity index (χ4n) is 1.73. The second kappa shape index (κ2) is 5.09. The van der Waals surface area contributed by atoms with Gasteiger partial charge in [-0.05, 0) is 32.0 Å². The van der Waals surface area contributed by atoms with Crippen LogP contribution in [0, 0.1) is 13.8 Å². The molecular weight excluding hydrogens is 280 g/mol. The predicted octanol–water partition coefficient (Wildman–Crippen LogP) is 1.95. The van der Waals surface area contributed by atoms with E-state index in [9.17, 15) is 13.2 Å². The molecule has 1 N–H and O–H groups in total. The van der Waals surface area contributed by atoms with Gasteiger partial charge in [-0.3, -0.25) is 4.79 Å². The second-order valence-electron chi connectivity index (χ2n) is 4.44. The molecule has 2 aromatic heterocycles. The number of nitrogens with one attached hydrogen (secondary N) is 1. The van der Waals surface area contributed by atoms with Crippen molar-refractivity contribution in [2.45, 2.75) is 18.9 Å². The standard InChI is InChI=1S/C13H14N2O4S/c1-8-6-11(9(2)19-8)13(16)15-10-4-5-12(14-7-10)20(3,17)18/h4-7H,1-3H3,(H,15,16). The Hall–Kier alpha value is -2.15. The first-order valence-corrected chi connectivity index (χ1v) is 7.71. The Morgan fingerprint density at radius 2 is 2.00 bits per heavy atom. The van der Waals surface area contributed by atoms with Gasteiger partial charge in [-0.25, -0.2) is 13.4 Å². The van der Waals surface area contributed by atoms with Crippen LogP contribution in [0.5, 0.6) is 0 Å². The van der Waals surface area contributed by atoms with Crippen LogP contribution in [0.25, 0.3) is 0 Å². The summed E-state index contributed by atoms with van der Waals surface area (Å²) in [4.78, 5) is 15.8. The van der Waals surface area contributed by atoms with Crippen LogP contribution in [-0.2, 0) is 9.84 Å². The van der Waals surface area contributed by atoms with E-state index in [4.69, 9.17) is 4.42 Å². The highest BCUT2D eigenvalue weighted by atomic mass is 32.2. The van der Waals surface area contributed by atoms with E-state index in [1.54, 1.807) is 19.9 Å². The molecule has 2 rings (SSSR count). The highest BCUT2D eigenvalue weighted by Gasteiger charge is 2.14. The van der Waals surface area contributed by atoms with Gasteiger partial charge in [-0.1, -0.05) is 0 Å². The van der Waals surface area contributed by atoms with Gasteiger partial charge < -0.3 is 9.73 Å². The number of aromatic nitrogens is 1. The van der Waals surface area contributed by atoms with E-state index in [-0.39, 0.29) is 10.9 Å². The zero-order chi connectivity index (χ0) is 14.9. The van der Waals surface area contributed by atoms with Gasteiger partial charge >= 0.3 is 0 Å². The van der Waals surface area contributed by atoms with E-state index in [2.05, 4.69) is 10.3 Å². The fraction of sp³-hybridized carbons (Fsp3) is 0.231. The maximum Gasteiger partial charge on any atom is 0.259 e. The number of hydrogen-bond donors (Lipinski definition) is 1. The maximum absolute atomic E-state index is 12.0. The van der Waals surface area contributed by atoms with E-state index in [0.29, 0.717) is 22.8 Å². The van der Waals surface area contributed by atoms with Crippen molar-refractivity contribution < 1.29 is 17.6 Å². The Kier molecular flexibility index (Phi) is 3.63. The summed E-state index contributed by atoms with van der Waals surface area (Å²) >= 11 is 0. The van der Waals surface area contributed by atoms with E-state index in [1.165, 1.54) is 18.3 Å². The molecule has 0 aromatic carbocycles. The van der Waals surface area contributed by atoms with Crippen LogP contribution in [0.1, 0.15) is 21.9 Å². The summed E-state index contributed by atoms with van der Waals surface area (Å²) in [5, 5.41) is 2.60. The Bertz CT molecular complexity index is 745. The minimum Gasteiger partial charge on any atom is -0.466 e. The lowest BCUT2D eigenvalue weighted by Gasteiger charge is -2.04. The van der Waals surface area contributed by atoms with Crippen LogP contribution in [0.15, 0.2) is 33.8 Å². The van der Waals surface area contributed by atoms with Gasteiger partial charge in [0, 0.05) is 6.26 Å². The summed E-state index contributed by atoms with van der Waals surface area (Å²) in [7, 11) is -3.34. The van der Waals surface area contributed by atoms with Crippen molar-refractivity contribution in [3.05, 3.63) is 41.5 Å². The van der Waals surface area contributed by atoms with Crippen LogP contribution in [0.2, 0.25) is 0 Å². The number of rotatable bonds is 3. The zero-order valence-electron chi connectivity index (χ0n) is 11.3. The Morgan fingerprint density at radius 3 is 2.45 bits per heavy atom. The van der Waals surface area contributed by atoms with Crippen molar-refractivity contribution in [1.29, 1.82) is 0 Å². The first kappa shape index (κ1) is 14.3. The molecule has 0 aliphatic rings. The first-order valence-electron chi connectivity index (χ1n) is 5.82. The van der Waals surface area contributed by atoms with Crippen LogP contribution >= 0.6 is 0 Å². The number of amides is 1. The third kappa shape index (κ3) is 3.05. The van der Waals surface area contributed by atoms with Gasteiger partial charge in [0.2, 0.25) is 0 Å². The van der Waals surface area contributed by atoms with Gasteiger partial charge in [0.05, 0.1) is 17.4 Å². The van der Waals surface area contributed by atoms with Gasteiger partial charge in [0.15, 0.2) is 14.9 Å². The SMILES string of the molecule is Cc1cc(C(=O)Nc2ccc(S(C)(=O)=O)nc2)c(C)o1. The lowest BCUT2D eigenvalue weighted by atomic mass is 10.2. The van der Waals surface area contributed by atoms with Crippen molar-refractivity contribution in [3.63, 3.8) is 0 Å². The van der Waals surface area contributed by atoms with Crippen LogP contribution < -0.4 is 5.32 Å². The van der Waals surface area contributed by atoms with Gasteiger partial charge in [-0.2, -0.15) is 0 Å². The average Bonchev–Trinajstić information content (AvgIpc) is 2.68. The monoisotopic (exact) mass is 294 g/mol. The fourth-order valence-corrected chi connectivity index (χ4v) is 2.29. The minimum absolute atomic E-state index is 0.0363. The average molecular weight is 294 g/mol. The molecule has 0 saturated heterocycles. The number of sulfone groups is 1. The molecule has 0 atom stereocenters. The van der Waals surface area contributed by atoms with Crippen LogP contribution in [0.4, 0.5) is 5.69 Å². The third-order valence-corrected chi connectivity index (χ3v) is 3.66. The summed E-state index contributed by atoms with van der Waals surface area (Å²) < 4.78 is 27.8. The molecule has 0 aliphatic carbocycles. The minimum atomic E-state index is -3.34. The third-order valence-electron chi connectivity index (χ3n) is 2.66. The molecule has 20 heavy (non-hydrogen) atoms. The van der Waals surface area contributed by atoms with E-state index in [0.717, 1.165) is 6.26 Å². The quantitative estimate of drug-likeness (QED) is 0.934. The van der Waals surface area contributed by atoms with Crippen molar-refractivity contribution in [1.82, 2.24) is 4.98 Å². The van der Waals surface area contributed by atoms with E-state index >= 15 is 0 Å². The number of aryl methyl sites for hydroxylation is 2. The normalized spacial score (nSPS) is 11.3. The van der Waals surface area contributed by atoms with E-state index in [1.807, 2.05) is 0 Å². The van der Waals surface area contributed by atoms with Gasteiger partial charge in [0.1, 0.15) is 11.5 Å². The number of carbonyl (C=O) groups is 1. The molecule has 0 fully saturated rings. The van der Waals surface area contributed by atoms with Crippen molar-refractivity contribution in [2.75, 3.05) is 11.6 Å². The Labute approximate surface area is 116 Å². The summed E-state index contributed by atoms with van der Waals surface area (Å²) in [6, 6.07) is 4.48. The first-order chi connectivity index (χ1) is 9.27. The lowest BCUT2D eigenvalue weighted by Crippen LogP contribution is -2.12. The van der Waals surface area contributed by atoms with E-state index < -0.39 is 9.84 Å². The molecule has 6 nitrogen and oxygen atoms in total. The number of pyridine rings is 1. The number of furan rings is 1. The summed E-state index contributed by atoms with van der Waals surface area (Å²) in [6.07, 6.45) is 2.38. The molecule has 0 aliphatic heterocycles. The maximum atomic E-state index is 12.0. The summed E-state index contributed by atoms with van der Waals surface area (Å²) in [6.45, 7) is 3.46. The summed E-state index contributed by atoms with van der Waals surface area (Å²) in [5.74, 6) is 0.854. The van der Waals surface area contributed by atoms with Crippen molar-refractivity contribution >= 4 is 21.4 Å². The molecule has 106 valence electrons. The van der Waals surface area contributed by atoms with Crippen molar-refractivity contribution in [3.8, 4) is 0 Å². The van der Waals surface area contributed by atoms with Crippen LogP contribution in [0.3, 0.4) is 0 Å². The molecule has 7 heteroatoms. The molecule has 0 radical (unpaired) electrons.